The van der Waals surface area contributed by atoms with Crippen molar-refractivity contribution in [1.29, 1.82) is 0 Å². The molecule has 0 aliphatic rings. The highest BCUT2D eigenvalue weighted by Crippen LogP contribution is 2.19. The van der Waals surface area contributed by atoms with E-state index in [1.807, 2.05) is 49.4 Å². The van der Waals surface area contributed by atoms with Crippen LogP contribution in [0.1, 0.15) is 12.6 Å². The van der Waals surface area contributed by atoms with E-state index < -0.39 is 0 Å². The zero-order valence-corrected chi connectivity index (χ0v) is 14.6. The second-order valence-electron chi connectivity index (χ2n) is 5.90. The number of rotatable bonds is 8. The van der Waals surface area contributed by atoms with Crippen LogP contribution in [0.2, 0.25) is 0 Å². The Kier molecular flexibility index (Phi) is 6.05. The molecule has 26 heavy (non-hydrogen) atoms. The fraction of sp³-hybridized carbons (Fsp3) is 0.263. The second kappa shape index (κ2) is 8.87. The van der Waals surface area contributed by atoms with E-state index in [2.05, 4.69) is 30.6 Å². The molecule has 0 fully saturated rings. The first kappa shape index (κ1) is 17.8. The van der Waals surface area contributed by atoms with Gasteiger partial charge < -0.3 is 15.7 Å². The van der Waals surface area contributed by atoms with Crippen molar-refractivity contribution in [2.75, 3.05) is 23.8 Å². The molecule has 0 spiro atoms. The van der Waals surface area contributed by atoms with Gasteiger partial charge in [-0.25, -0.2) is 4.98 Å². The molecule has 3 aromatic rings. The third kappa shape index (κ3) is 4.97. The van der Waals surface area contributed by atoms with Gasteiger partial charge in [-0.15, -0.1) is 0 Å². The minimum absolute atomic E-state index is 0.000384. The van der Waals surface area contributed by atoms with Gasteiger partial charge in [-0.3, -0.25) is 9.97 Å². The largest absolute Gasteiger partial charge is 0.394 e. The first-order valence-electron chi connectivity index (χ1n) is 8.56. The Morgan fingerprint density at radius 2 is 1.81 bits per heavy atom. The van der Waals surface area contributed by atoms with Crippen LogP contribution < -0.4 is 10.6 Å². The maximum absolute atomic E-state index is 9.27. The molecule has 3 aromatic heterocycles. The van der Waals surface area contributed by atoms with Crippen LogP contribution in [0.3, 0.4) is 0 Å². The van der Waals surface area contributed by atoms with Gasteiger partial charge >= 0.3 is 0 Å². The first-order valence-corrected chi connectivity index (χ1v) is 8.56. The summed E-state index contributed by atoms with van der Waals surface area (Å²) < 4.78 is 0. The van der Waals surface area contributed by atoms with Crippen LogP contribution in [0.4, 0.5) is 11.8 Å². The molecule has 0 aliphatic carbocycles. The molecule has 3 rings (SSSR count). The standard InChI is InChI=1S/C19H22N6O/c1-14(13-26)23-19-24-17(16-7-3-5-10-21-16)12-18(25-19)22-11-8-15-6-2-4-9-20-15/h2-7,9-10,12,14,26H,8,11,13H2,1H3,(H2,22,23,24,25)/t14-/m0/s1. The molecule has 0 saturated heterocycles. The van der Waals surface area contributed by atoms with Gasteiger partial charge in [-0.2, -0.15) is 4.98 Å². The Balaban J connectivity index is 1.77. The molecular formula is C19H22N6O. The first-order chi connectivity index (χ1) is 12.7. The zero-order chi connectivity index (χ0) is 18.2. The van der Waals surface area contributed by atoms with E-state index in [4.69, 9.17) is 0 Å². The molecule has 1 atom stereocenters. The van der Waals surface area contributed by atoms with Crippen molar-refractivity contribution in [1.82, 2.24) is 19.9 Å². The van der Waals surface area contributed by atoms with E-state index in [0.29, 0.717) is 24.0 Å². The fourth-order valence-electron chi connectivity index (χ4n) is 2.38. The Bertz CT molecular complexity index is 813. The number of hydrogen-bond donors (Lipinski definition) is 3. The molecule has 3 heterocycles. The number of pyridine rings is 2. The second-order valence-corrected chi connectivity index (χ2v) is 5.90. The van der Waals surface area contributed by atoms with E-state index in [0.717, 1.165) is 17.8 Å². The van der Waals surface area contributed by atoms with Gasteiger partial charge in [0.05, 0.1) is 18.0 Å². The third-order valence-electron chi connectivity index (χ3n) is 3.72. The molecule has 0 amide bonds. The summed E-state index contributed by atoms with van der Waals surface area (Å²) in [5.74, 6) is 1.15. The Morgan fingerprint density at radius 3 is 2.50 bits per heavy atom. The van der Waals surface area contributed by atoms with E-state index in [9.17, 15) is 5.11 Å². The number of anilines is 2. The van der Waals surface area contributed by atoms with E-state index >= 15 is 0 Å². The summed E-state index contributed by atoms with van der Waals surface area (Å²) in [7, 11) is 0. The van der Waals surface area contributed by atoms with Gasteiger partial charge in [0, 0.05) is 43.2 Å². The minimum Gasteiger partial charge on any atom is -0.394 e. The summed E-state index contributed by atoms with van der Waals surface area (Å²) >= 11 is 0. The summed E-state index contributed by atoms with van der Waals surface area (Å²) in [5.41, 5.74) is 2.50. The minimum atomic E-state index is -0.143. The average molecular weight is 350 g/mol. The van der Waals surface area contributed by atoms with Crippen molar-refractivity contribution in [3.05, 3.63) is 60.6 Å². The molecular weight excluding hydrogens is 328 g/mol. The van der Waals surface area contributed by atoms with Gasteiger partial charge in [0.2, 0.25) is 5.95 Å². The lowest BCUT2D eigenvalue weighted by Gasteiger charge is -2.14. The zero-order valence-electron chi connectivity index (χ0n) is 14.6. The van der Waals surface area contributed by atoms with Crippen molar-refractivity contribution in [3.63, 3.8) is 0 Å². The van der Waals surface area contributed by atoms with Crippen LogP contribution in [-0.2, 0) is 6.42 Å². The SMILES string of the molecule is C[C@@H](CO)Nc1nc(NCCc2ccccn2)cc(-c2ccccn2)n1. The molecule has 0 unspecified atom stereocenters. The smallest absolute Gasteiger partial charge is 0.225 e. The van der Waals surface area contributed by atoms with Crippen molar-refractivity contribution in [3.8, 4) is 11.4 Å². The van der Waals surface area contributed by atoms with Crippen molar-refractivity contribution < 1.29 is 5.11 Å². The van der Waals surface area contributed by atoms with Crippen molar-refractivity contribution >= 4 is 11.8 Å². The topological polar surface area (TPSA) is 95.8 Å². The number of aromatic nitrogens is 4. The predicted molar refractivity (Wildman–Crippen MR) is 102 cm³/mol. The lowest BCUT2D eigenvalue weighted by atomic mass is 10.2. The number of nitrogens with one attached hydrogen (secondary N) is 2. The molecule has 0 bridgehead atoms. The van der Waals surface area contributed by atoms with E-state index in [-0.39, 0.29) is 12.6 Å². The van der Waals surface area contributed by atoms with Crippen LogP contribution in [0, 0.1) is 0 Å². The number of aliphatic hydroxyl groups is 1. The maximum atomic E-state index is 9.27. The average Bonchev–Trinajstić information content (AvgIpc) is 2.69. The van der Waals surface area contributed by atoms with Crippen LogP contribution in [0.25, 0.3) is 11.4 Å². The number of aliphatic hydroxyl groups excluding tert-OH is 1. The Hall–Kier alpha value is -3.06. The molecule has 7 heteroatoms. The summed E-state index contributed by atoms with van der Waals surface area (Å²) in [6.07, 6.45) is 4.31. The van der Waals surface area contributed by atoms with Crippen molar-refractivity contribution in [2.45, 2.75) is 19.4 Å². The van der Waals surface area contributed by atoms with Crippen molar-refractivity contribution in [2.24, 2.45) is 0 Å². The highest BCUT2D eigenvalue weighted by atomic mass is 16.3. The Labute approximate surface area is 152 Å². The molecule has 3 N–H and O–H groups in total. The fourth-order valence-corrected chi connectivity index (χ4v) is 2.38. The van der Waals surface area contributed by atoms with E-state index in [1.165, 1.54) is 0 Å². The lowest BCUT2D eigenvalue weighted by molar-refractivity contribution is 0.281. The van der Waals surface area contributed by atoms with Gasteiger partial charge in [-0.1, -0.05) is 12.1 Å². The monoisotopic (exact) mass is 350 g/mol. The summed E-state index contributed by atoms with van der Waals surface area (Å²) in [6, 6.07) is 13.3. The third-order valence-corrected chi connectivity index (χ3v) is 3.72. The summed E-state index contributed by atoms with van der Waals surface area (Å²) in [4.78, 5) is 17.7. The van der Waals surface area contributed by atoms with Crippen LogP contribution in [0.5, 0.6) is 0 Å². The Morgan fingerprint density at radius 1 is 1.00 bits per heavy atom. The van der Waals surface area contributed by atoms with Crippen LogP contribution in [-0.4, -0.2) is 44.2 Å². The highest BCUT2D eigenvalue weighted by molar-refractivity contribution is 5.61. The van der Waals surface area contributed by atoms with Gasteiger partial charge in [0.1, 0.15) is 5.82 Å². The normalized spacial score (nSPS) is 11.8. The van der Waals surface area contributed by atoms with Gasteiger partial charge in [0.25, 0.3) is 0 Å². The molecule has 0 aliphatic heterocycles. The summed E-state index contributed by atoms with van der Waals surface area (Å²) in [6.45, 7) is 2.56. The molecule has 0 aromatic carbocycles. The lowest BCUT2D eigenvalue weighted by Crippen LogP contribution is -2.21. The highest BCUT2D eigenvalue weighted by Gasteiger charge is 2.09. The number of hydrogen-bond acceptors (Lipinski definition) is 7. The van der Waals surface area contributed by atoms with Crippen LogP contribution >= 0.6 is 0 Å². The molecule has 134 valence electrons. The maximum Gasteiger partial charge on any atom is 0.225 e. The van der Waals surface area contributed by atoms with E-state index in [1.54, 1.807) is 12.4 Å². The predicted octanol–water partition coefficient (Wildman–Crippen LogP) is 2.38. The molecule has 7 nitrogen and oxygen atoms in total. The molecule has 0 radical (unpaired) electrons. The summed E-state index contributed by atoms with van der Waals surface area (Å²) in [5, 5.41) is 15.7. The van der Waals surface area contributed by atoms with Gasteiger partial charge in [-0.05, 0) is 31.2 Å². The van der Waals surface area contributed by atoms with Crippen LogP contribution in [0.15, 0.2) is 54.9 Å². The quantitative estimate of drug-likeness (QED) is 0.574. The number of nitrogens with zero attached hydrogens (tertiary/aromatic N) is 4. The molecule has 0 saturated carbocycles. The van der Waals surface area contributed by atoms with Gasteiger partial charge in [0.15, 0.2) is 0 Å².